The van der Waals surface area contributed by atoms with E-state index in [9.17, 15) is 4.57 Å². The van der Waals surface area contributed by atoms with E-state index in [0.717, 1.165) is 22.5 Å². The highest BCUT2D eigenvalue weighted by atomic mass is 31.2. The highest BCUT2D eigenvalue weighted by Crippen LogP contribution is 2.49. The number of hydrogen-bond acceptors (Lipinski definition) is 5. The first-order valence-electron chi connectivity index (χ1n) is 12.1. The van der Waals surface area contributed by atoms with Crippen LogP contribution in [-0.2, 0) is 25.6 Å². The van der Waals surface area contributed by atoms with Crippen molar-refractivity contribution in [2.75, 3.05) is 19.4 Å². The second-order valence-electron chi connectivity index (χ2n) is 8.17. The number of hydrogen-bond donors (Lipinski definition) is 0. The third-order valence-electron chi connectivity index (χ3n) is 5.99. The Bertz CT molecular complexity index is 1120. The van der Waals surface area contributed by atoms with Gasteiger partial charge >= 0.3 is 7.60 Å². The van der Waals surface area contributed by atoms with E-state index >= 15 is 0 Å². The largest absolute Gasteiger partial charge is 0.330 e. The summed E-state index contributed by atoms with van der Waals surface area (Å²) in [4.78, 5) is 4.65. The number of rotatable bonds is 12. The predicted octanol–water partition coefficient (Wildman–Crippen LogP) is 6.32. The molecule has 0 aliphatic heterocycles. The molecule has 0 bridgehead atoms. The van der Waals surface area contributed by atoms with E-state index in [-0.39, 0.29) is 0 Å². The standard InChI is InChI=1S/C28H32N3O3P/c1-3-33-35(32,34-4-2)22-14-21-27-29-23-30-31(27)28(24-15-8-5-9-16-24,25-17-10-6-11-18-25)26-19-12-7-13-20-26/h5-13,15-20,23H,3-4,14,21-22H2,1-2H3. The molecule has 0 amide bonds. The van der Waals surface area contributed by atoms with E-state index in [1.54, 1.807) is 6.33 Å². The van der Waals surface area contributed by atoms with E-state index in [0.29, 0.717) is 32.2 Å². The van der Waals surface area contributed by atoms with Gasteiger partial charge < -0.3 is 9.05 Å². The molecule has 4 aromatic rings. The molecule has 0 atom stereocenters. The second-order valence-corrected chi connectivity index (χ2v) is 10.4. The van der Waals surface area contributed by atoms with Crippen LogP contribution in [0.4, 0.5) is 0 Å². The molecule has 35 heavy (non-hydrogen) atoms. The summed E-state index contributed by atoms with van der Waals surface area (Å²) in [5, 5.41) is 4.78. The lowest BCUT2D eigenvalue weighted by Crippen LogP contribution is -2.40. The topological polar surface area (TPSA) is 66.2 Å². The molecule has 0 aliphatic carbocycles. The summed E-state index contributed by atoms with van der Waals surface area (Å²) < 4.78 is 26.0. The Morgan fingerprint density at radius 1 is 0.771 bits per heavy atom. The normalized spacial score (nSPS) is 12.1. The minimum Gasteiger partial charge on any atom is -0.309 e. The van der Waals surface area contributed by atoms with Crippen molar-refractivity contribution < 1.29 is 13.6 Å². The van der Waals surface area contributed by atoms with Gasteiger partial charge in [0.25, 0.3) is 0 Å². The van der Waals surface area contributed by atoms with Crippen molar-refractivity contribution >= 4 is 7.60 Å². The van der Waals surface area contributed by atoms with Crippen LogP contribution in [0.5, 0.6) is 0 Å². The fourth-order valence-electron chi connectivity index (χ4n) is 4.61. The number of aromatic nitrogens is 3. The van der Waals surface area contributed by atoms with Crippen LogP contribution in [0.3, 0.4) is 0 Å². The summed E-state index contributed by atoms with van der Waals surface area (Å²) in [6.07, 6.45) is 3.11. The molecule has 0 aliphatic rings. The van der Waals surface area contributed by atoms with Gasteiger partial charge in [0.1, 0.15) is 17.7 Å². The van der Waals surface area contributed by atoms with Crippen LogP contribution < -0.4 is 0 Å². The van der Waals surface area contributed by atoms with Crippen molar-refractivity contribution in [1.82, 2.24) is 14.8 Å². The highest BCUT2D eigenvalue weighted by Gasteiger charge is 2.40. The smallest absolute Gasteiger partial charge is 0.309 e. The molecule has 4 rings (SSSR count). The highest BCUT2D eigenvalue weighted by molar-refractivity contribution is 7.53. The van der Waals surface area contributed by atoms with Crippen molar-refractivity contribution in [1.29, 1.82) is 0 Å². The lowest BCUT2D eigenvalue weighted by Gasteiger charge is -2.37. The molecule has 0 saturated heterocycles. The van der Waals surface area contributed by atoms with Crippen LogP contribution in [0.2, 0.25) is 0 Å². The molecule has 0 fully saturated rings. The van der Waals surface area contributed by atoms with Gasteiger partial charge in [-0.1, -0.05) is 91.0 Å². The van der Waals surface area contributed by atoms with E-state index in [1.165, 1.54) is 0 Å². The molecule has 7 heteroatoms. The van der Waals surface area contributed by atoms with Crippen LogP contribution in [0.15, 0.2) is 97.3 Å². The minimum atomic E-state index is -3.13. The summed E-state index contributed by atoms with van der Waals surface area (Å²) in [5.74, 6) is 0.807. The zero-order valence-corrected chi connectivity index (χ0v) is 21.2. The number of nitrogens with zero attached hydrogens (tertiary/aromatic N) is 3. The Labute approximate surface area is 207 Å². The quantitative estimate of drug-likeness (QED) is 0.172. The van der Waals surface area contributed by atoms with E-state index in [2.05, 4.69) is 41.4 Å². The molecule has 0 N–H and O–H groups in total. The summed E-state index contributed by atoms with van der Waals surface area (Å²) in [7, 11) is -3.13. The Kier molecular flexibility index (Phi) is 8.29. The maximum absolute atomic E-state index is 13.0. The lowest BCUT2D eigenvalue weighted by molar-refractivity contribution is 0.219. The molecule has 1 aromatic heterocycles. The molecule has 0 radical (unpaired) electrons. The van der Waals surface area contributed by atoms with Gasteiger partial charge in [-0.25, -0.2) is 9.67 Å². The van der Waals surface area contributed by atoms with Crippen molar-refractivity contribution in [3.8, 4) is 0 Å². The Balaban J connectivity index is 1.81. The average molecular weight is 490 g/mol. The summed E-state index contributed by atoms with van der Waals surface area (Å²) >= 11 is 0. The van der Waals surface area contributed by atoms with Crippen LogP contribution in [-0.4, -0.2) is 34.1 Å². The maximum Gasteiger partial charge on any atom is 0.330 e. The monoisotopic (exact) mass is 489 g/mol. The molecule has 0 unspecified atom stereocenters. The van der Waals surface area contributed by atoms with E-state index < -0.39 is 13.1 Å². The van der Waals surface area contributed by atoms with Crippen molar-refractivity contribution in [2.45, 2.75) is 32.2 Å². The third-order valence-corrected chi connectivity index (χ3v) is 8.16. The van der Waals surface area contributed by atoms with Crippen molar-refractivity contribution in [2.24, 2.45) is 0 Å². The Hall–Kier alpha value is -3.05. The van der Waals surface area contributed by atoms with Crippen molar-refractivity contribution in [3.05, 3.63) is 120 Å². The predicted molar refractivity (Wildman–Crippen MR) is 139 cm³/mol. The van der Waals surface area contributed by atoms with Crippen LogP contribution in [0.1, 0.15) is 42.8 Å². The summed E-state index contributed by atoms with van der Waals surface area (Å²) in [6.45, 7) is 4.37. The fraction of sp³-hybridized carbons (Fsp3) is 0.286. The minimum absolute atomic E-state index is 0.330. The first kappa shape index (κ1) is 25.1. The van der Waals surface area contributed by atoms with Crippen LogP contribution >= 0.6 is 7.60 Å². The van der Waals surface area contributed by atoms with Gasteiger partial charge in [-0.3, -0.25) is 4.57 Å². The molecule has 1 heterocycles. The summed E-state index contributed by atoms with van der Waals surface area (Å²) in [5.41, 5.74) is 2.52. The second kappa shape index (κ2) is 11.6. The van der Waals surface area contributed by atoms with Gasteiger partial charge in [0, 0.05) is 6.42 Å². The average Bonchev–Trinajstić information content (AvgIpc) is 3.35. The zero-order chi connectivity index (χ0) is 24.6. The maximum atomic E-state index is 13.0. The van der Waals surface area contributed by atoms with Gasteiger partial charge in [-0.05, 0) is 37.0 Å². The fourth-order valence-corrected chi connectivity index (χ4v) is 6.28. The van der Waals surface area contributed by atoms with Gasteiger partial charge in [0.15, 0.2) is 0 Å². The van der Waals surface area contributed by atoms with Crippen LogP contribution in [0.25, 0.3) is 0 Å². The molecular weight excluding hydrogens is 457 g/mol. The number of aryl methyl sites for hydroxylation is 1. The van der Waals surface area contributed by atoms with Gasteiger partial charge in [-0.2, -0.15) is 5.10 Å². The molecule has 3 aromatic carbocycles. The van der Waals surface area contributed by atoms with Gasteiger partial charge in [0.05, 0.1) is 19.4 Å². The number of benzene rings is 3. The van der Waals surface area contributed by atoms with Crippen LogP contribution in [0, 0.1) is 0 Å². The Morgan fingerprint density at radius 2 is 1.23 bits per heavy atom. The molecule has 0 saturated carbocycles. The molecular formula is C28H32N3O3P. The Morgan fingerprint density at radius 3 is 1.66 bits per heavy atom. The van der Waals surface area contributed by atoms with E-state index in [1.807, 2.05) is 73.1 Å². The summed E-state index contributed by atoms with van der Waals surface area (Å²) in [6, 6.07) is 31.1. The van der Waals surface area contributed by atoms with Gasteiger partial charge in [0.2, 0.25) is 0 Å². The lowest BCUT2D eigenvalue weighted by atomic mass is 9.77. The first-order chi connectivity index (χ1) is 17.1. The van der Waals surface area contributed by atoms with Gasteiger partial charge in [-0.15, -0.1) is 0 Å². The molecule has 0 spiro atoms. The van der Waals surface area contributed by atoms with E-state index in [4.69, 9.17) is 14.1 Å². The third kappa shape index (κ3) is 5.30. The zero-order valence-electron chi connectivity index (χ0n) is 20.3. The molecule has 182 valence electrons. The van der Waals surface area contributed by atoms with Crippen molar-refractivity contribution in [3.63, 3.8) is 0 Å². The SMILES string of the molecule is CCOP(=O)(CCCc1ncnn1C(c1ccccc1)(c1ccccc1)c1ccccc1)OCC. The first-order valence-corrected chi connectivity index (χ1v) is 13.8. The molecule has 6 nitrogen and oxygen atoms in total.